The first-order chi connectivity index (χ1) is 13.1. The predicted molar refractivity (Wildman–Crippen MR) is 120 cm³/mol. The van der Waals surface area contributed by atoms with E-state index in [4.69, 9.17) is 4.43 Å². The van der Waals surface area contributed by atoms with Crippen molar-refractivity contribution in [2.24, 2.45) is 22.7 Å². The molecule has 5 heteroatoms. The van der Waals surface area contributed by atoms with Gasteiger partial charge in [-0.15, -0.1) is 0 Å². The van der Waals surface area contributed by atoms with Crippen molar-refractivity contribution >= 4 is 8.32 Å². The summed E-state index contributed by atoms with van der Waals surface area (Å²) in [6.07, 6.45) is 4.57. The largest absolute Gasteiger partial charge is 0.414 e. The van der Waals surface area contributed by atoms with Crippen molar-refractivity contribution in [2.45, 2.75) is 129 Å². The summed E-state index contributed by atoms with van der Waals surface area (Å²) >= 11 is 0. The van der Waals surface area contributed by atoms with E-state index < -0.39 is 31.5 Å². The normalized spacial score (nSPS) is 45.8. The first-order valence-electron chi connectivity index (χ1n) is 11.8. The van der Waals surface area contributed by atoms with E-state index in [-0.39, 0.29) is 28.4 Å². The summed E-state index contributed by atoms with van der Waals surface area (Å²) < 4.78 is 6.91. The highest BCUT2D eigenvalue weighted by atomic mass is 28.4. The zero-order chi connectivity index (χ0) is 22.0. The standard InChI is InChI=1S/C24H46O4Si/c1-21(2,3)29(7,8)28-18-10-9-12-23(6)17(18)15-20(26)24(27)13-11-16(14-19(23)25)22(24,4)5/h16-20,25-27H,9-15H2,1-8H3/t16?,17-,18+,19-,20+,23+,24?/m0/s1. The molecule has 2 bridgehead atoms. The molecule has 0 spiro atoms. The Morgan fingerprint density at radius 2 is 1.55 bits per heavy atom. The predicted octanol–water partition coefficient (Wildman–Crippen LogP) is 4.87. The van der Waals surface area contributed by atoms with Gasteiger partial charge in [-0.05, 0) is 79.3 Å². The fraction of sp³-hybridized carbons (Fsp3) is 1.00. The topological polar surface area (TPSA) is 69.9 Å². The fourth-order valence-corrected chi connectivity index (χ4v) is 7.83. The van der Waals surface area contributed by atoms with Gasteiger partial charge in [0.25, 0.3) is 0 Å². The maximum Gasteiger partial charge on any atom is 0.192 e. The lowest BCUT2D eigenvalue weighted by molar-refractivity contribution is -0.154. The maximum atomic E-state index is 11.6. The van der Waals surface area contributed by atoms with Crippen LogP contribution in [0.5, 0.6) is 0 Å². The summed E-state index contributed by atoms with van der Waals surface area (Å²) in [6.45, 7) is 17.8. The van der Waals surface area contributed by atoms with Crippen LogP contribution in [0.15, 0.2) is 0 Å². The fourth-order valence-electron chi connectivity index (χ4n) is 6.44. The van der Waals surface area contributed by atoms with Gasteiger partial charge in [-0.1, -0.05) is 48.0 Å². The monoisotopic (exact) mass is 426 g/mol. The highest BCUT2D eigenvalue weighted by Gasteiger charge is 2.61. The molecule has 29 heavy (non-hydrogen) atoms. The Balaban J connectivity index is 1.99. The van der Waals surface area contributed by atoms with E-state index in [1.54, 1.807) is 0 Å². The number of aliphatic hydroxyl groups is 3. The Bertz CT molecular complexity index is 612. The summed E-state index contributed by atoms with van der Waals surface area (Å²) in [7, 11) is -1.98. The second-order valence-electron chi connectivity index (χ2n) is 12.8. The second-order valence-corrected chi connectivity index (χ2v) is 17.6. The molecule has 2 unspecified atom stereocenters. The van der Waals surface area contributed by atoms with Gasteiger partial charge in [-0.25, -0.2) is 0 Å². The first-order valence-corrected chi connectivity index (χ1v) is 14.7. The first kappa shape index (κ1) is 23.7. The third-order valence-electron chi connectivity index (χ3n) is 10.1. The molecule has 170 valence electrons. The number of hydrogen-bond acceptors (Lipinski definition) is 4. The molecule has 0 heterocycles. The van der Waals surface area contributed by atoms with Crippen LogP contribution in [0.4, 0.5) is 0 Å². The number of hydrogen-bond donors (Lipinski definition) is 3. The highest BCUT2D eigenvalue weighted by molar-refractivity contribution is 6.74. The van der Waals surface area contributed by atoms with Crippen molar-refractivity contribution < 1.29 is 19.7 Å². The van der Waals surface area contributed by atoms with Crippen molar-refractivity contribution in [3.63, 3.8) is 0 Å². The van der Waals surface area contributed by atoms with Crippen LogP contribution in [0, 0.1) is 22.7 Å². The molecular formula is C24H46O4Si. The van der Waals surface area contributed by atoms with Crippen LogP contribution in [0.25, 0.3) is 0 Å². The zero-order valence-electron chi connectivity index (χ0n) is 20.1. The molecule has 0 amide bonds. The maximum absolute atomic E-state index is 11.6. The van der Waals surface area contributed by atoms with Gasteiger partial charge >= 0.3 is 0 Å². The molecule has 0 aromatic carbocycles. The SMILES string of the molecule is CC1(C)C2CCC1(O)[C@H](O)C[C@H]1[C@H](O[Si](C)(C)C(C)(C)C)CCC[C@@]1(C)[C@@H](O)C2. The molecule has 3 fully saturated rings. The molecule has 4 nitrogen and oxygen atoms in total. The van der Waals surface area contributed by atoms with E-state index in [2.05, 4.69) is 54.6 Å². The smallest absolute Gasteiger partial charge is 0.192 e. The minimum Gasteiger partial charge on any atom is -0.414 e. The van der Waals surface area contributed by atoms with Crippen LogP contribution in [0.3, 0.4) is 0 Å². The summed E-state index contributed by atoms with van der Waals surface area (Å²) in [4.78, 5) is 0. The summed E-state index contributed by atoms with van der Waals surface area (Å²) in [5.74, 6) is 0.295. The van der Waals surface area contributed by atoms with E-state index in [0.717, 1.165) is 25.7 Å². The lowest BCUT2D eigenvalue weighted by Crippen LogP contribution is -2.56. The van der Waals surface area contributed by atoms with Crippen LogP contribution >= 0.6 is 0 Å². The van der Waals surface area contributed by atoms with Gasteiger partial charge in [0, 0.05) is 6.10 Å². The summed E-state index contributed by atoms with van der Waals surface area (Å²) in [5.41, 5.74) is -1.75. The third-order valence-corrected chi connectivity index (χ3v) is 14.6. The molecule has 3 aliphatic carbocycles. The average molecular weight is 427 g/mol. The molecule has 0 aliphatic heterocycles. The van der Waals surface area contributed by atoms with Crippen LogP contribution in [0.1, 0.15) is 86.5 Å². The van der Waals surface area contributed by atoms with Crippen LogP contribution in [-0.2, 0) is 4.43 Å². The second kappa shape index (κ2) is 7.30. The number of rotatable bonds is 2. The van der Waals surface area contributed by atoms with E-state index in [9.17, 15) is 15.3 Å². The van der Waals surface area contributed by atoms with Gasteiger partial charge in [0.05, 0.1) is 17.8 Å². The van der Waals surface area contributed by atoms with E-state index in [1.807, 2.05) is 0 Å². The van der Waals surface area contributed by atoms with Gasteiger partial charge in [-0.2, -0.15) is 0 Å². The van der Waals surface area contributed by atoms with Crippen molar-refractivity contribution in [1.29, 1.82) is 0 Å². The lowest BCUT2D eigenvalue weighted by Gasteiger charge is -2.52. The number of fused-ring (bicyclic) bond motifs is 3. The average Bonchev–Trinajstić information content (AvgIpc) is 2.81. The van der Waals surface area contributed by atoms with Crippen LogP contribution < -0.4 is 0 Å². The summed E-state index contributed by atoms with van der Waals surface area (Å²) in [5, 5.41) is 34.6. The van der Waals surface area contributed by atoms with Crippen molar-refractivity contribution in [2.75, 3.05) is 0 Å². The Morgan fingerprint density at radius 3 is 2.14 bits per heavy atom. The minimum absolute atomic E-state index is 0.0438. The van der Waals surface area contributed by atoms with Gasteiger partial charge in [0.15, 0.2) is 8.32 Å². The molecule has 3 N–H and O–H groups in total. The highest BCUT2D eigenvalue weighted by Crippen LogP contribution is 2.59. The minimum atomic E-state index is -1.98. The molecule has 0 saturated heterocycles. The Morgan fingerprint density at radius 1 is 0.931 bits per heavy atom. The third kappa shape index (κ3) is 3.67. The molecule has 3 aliphatic rings. The van der Waals surface area contributed by atoms with Crippen molar-refractivity contribution in [3.05, 3.63) is 0 Å². The van der Waals surface area contributed by atoms with Gasteiger partial charge in [-0.3, -0.25) is 0 Å². The molecule has 3 rings (SSSR count). The molecule has 0 aromatic heterocycles. The lowest BCUT2D eigenvalue weighted by atomic mass is 9.60. The molecule has 3 saturated carbocycles. The van der Waals surface area contributed by atoms with E-state index in [1.165, 1.54) is 0 Å². The van der Waals surface area contributed by atoms with Crippen LogP contribution in [-0.4, -0.2) is 47.5 Å². The van der Waals surface area contributed by atoms with Gasteiger partial charge < -0.3 is 19.7 Å². The van der Waals surface area contributed by atoms with E-state index >= 15 is 0 Å². The Labute approximate surface area is 179 Å². The van der Waals surface area contributed by atoms with Crippen molar-refractivity contribution in [1.82, 2.24) is 0 Å². The molecule has 0 radical (unpaired) electrons. The Kier molecular flexibility index (Phi) is 5.97. The number of aliphatic hydroxyl groups excluding tert-OH is 2. The molecule has 7 atom stereocenters. The van der Waals surface area contributed by atoms with Gasteiger partial charge in [0.1, 0.15) is 0 Å². The van der Waals surface area contributed by atoms with E-state index in [0.29, 0.717) is 19.3 Å². The molecule has 0 aromatic rings. The van der Waals surface area contributed by atoms with Crippen LogP contribution in [0.2, 0.25) is 18.1 Å². The summed E-state index contributed by atoms with van der Waals surface area (Å²) in [6, 6.07) is 0. The quantitative estimate of drug-likeness (QED) is 0.551. The van der Waals surface area contributed by atoms with Crippen molar-refractivity contribution in [3.8, 4) is 0 Å². The Hall–Kier alpha value is 0.0569. The van der Waals surface area contributed by atoms with Gasteiger partial charge in [0.2, 0.25) is 0 Å². The molecular weight excluding hydrogens is 380 g/mol. The zero-order valence-corrected chi connectivity index (χ0v) is 21.1.